The van der Waals surface area contributed by atoms with E-state index in [0.717, 1.165) is 19.6 Å². The van der Waals surface area contributed by atoms with Gasteiger partial charge in [-0.3, -0.25) is 9.58 Å². The normalized spacial score (nSPS) is 24.7. The van der Waals surface area contributed by atoms with E-state index in [-0.39, 0.29) is 0 Å². The van der Waals surface area contributed by atoms with E-state index in [4.69, 9.17) is 5.73 Å². The first-order chi connectivity index (χ1) is 8.74. The van der Waals surface area contributed by atoms with Gasteiger partial charge in [-0.25, -0.2) is 0 Å². The molecule has 0 aromatic carbocycles. The first-order valence-electron chi connectivity index (χ1n) is 7.17. The summed E-state index contributed by atoms with van der Waals surface area (Å²) in [5, 5.41) is 4.49. The summed E-state index contributed by atoms with van der Waals surface area (Å²) < 4.78 is 1.88. The van der Waals surface area contributed by atoms with Crippen LogP contribution in [0.1, 0.15) is 38.3 Å². The van der Waals surface area contributed by atoms with Crippen LogP contribution in [0.15, 0.2) is 12.3 Å². The summed E-state index contributed by atoms with van der Waals surface area (Å²) in [6.07, 6.45) is 7.30. The smallest absolute Gasteiger partial charge is 0.0764 e. The predicted molar refractivity (Wildman–Crippen MR) is 74.1 cm³/mol. The van der Waals surface area contributed by atoms with Crippen LogP contribution in [-0.4, -0.2) is 33.8 Å². The van der Waals surface area contributed by atoms with Crippen molar-refractivity contribution in [2.75, 3.05) is 13.1 Å². The van der Waals surface area contributed by atoms with E-state index in [9.17, 15) is 0 Å². The summed E-state index contributed by atoms with van der Waals surface area (Å²) in [6, 6.07) is 2.76. The fourth-order valence-corrected chi connectivity index (χ4v) is 3.16. The van der Waals surface area contributed by atoms with Gasteiger partial charge in [-0.15, -0.1) is 0 Å². The molecule has 1 aromatic heterocycles. The van der Waals surface area contributed by atoms with Crippen LogP contribution in [0.3, 0.4) is 0 Å². The number of rotatable bonds is 5. The van der Waals surface area contributed by atoms with Crippen molar-refractivity contribution in [1.82, 2.24) is 14.7 Å². The van der Waals surface area contributed by atoms with E-state index in [2.05, 4.69) is 23.0 Å². The summed E-state index contributed by atoms with van der Waals surface area (Å²) >= 11 is 0. The lowest BCUT2D eigenvalue weighted by Gasteiger charge is -2.39. The van der Waals surface area contributed by atoms with Crippen LogP contribution in [0, 0.1) is 5.92 Å². The Morgan fingerprint density at radius 1 is 1.44 bits per heavy atom. The zero-order valence-electron chi connectivity index (χ0n) is 11.7. The fourth-order valence-electron chi connectivity index (χ4n) is 3.16. The maximum absolute atomic E-state index is 5.94. The lowest BCUT2D eigenvalue weighted by atomic mass is 9.83. The van der Waals surface area contributed by atoms with Crippen molar-refractivity contribution in [3.8, 4) is 0 Å². The zero-order chi connectivity index (χ0) is 13.0. The highest BCUT2D eigenvalue weighted by atomic mass is 15.3. The summed E-state index contributed by atoms with van der Waals surface area (Å²) in [6.45, 7) is 5.10. The van der Waals surface area contributed by atoms with Gasteiger partial charge in [-0.1, -0.05) is 19.8 Å². The highest BCUT2D eigenvalue weighted by molar-refractivity contribution is 4.99. The lowest BCUT2D eigenvalue weighted by Crippen LogP contribution is -2.44. The second-order valence-corrected chi connectivity index (χ2v) is 5.39. The third-order valence-corrected chi connectivity index (χ3v) is 4.18. The van der Waals surface area contributed by atoms with E-state index in [1.807, 2.05) is 17.9 Å². The molecule has 2 rings (SSSR count). The third kappa shape index (κ3) is 3.12. The molecule has 1 aromatic rings. The molecule has 1 saturated carbocycles. The van der Waals surface area contributed by atoms with Crippen molar-refractivity contribution in [3.63, 3.8) is 0 Å². The van der Waals surface area contributed by atoms with E-state index in [0.29, 0.717) is 12.0 Å². The van der Waals surface area contributed by atoms with Crippen LogP contribution in [-0.2, 0) is 13.6 Å². The Bertz CT molecular complexity index is 360. The van der Waals surface area contributed by atoms with Crippen molar-refractivity contribution in [2.45, 2.75) is 45.2 Å². The number of aromatic nitrogens is 2. The van der Waals surface area contributed by atoms with Crippen LogP contribution < -0.4 is 5.73 Å². The van der Waals surface area contributed by atoms with Gasteiger partial charge in [0.05, 0.1) is 5.69 Å². The molecule has 2 unspecified atom stereocenters. The maximum atomic E-state index is 5.94. The van der Waals surface area contributed by atoms with Crippen LogP contribution in [0.4, 0.5) is 0 Å². The molecule has 1 heterocycles. The number of hydrogen-bond donors (Lipinski definition) is 1. The molecule has 1 fully saturated rings. The standard InChI is InChI=1S/C14H26N4/c1-3-18(11-13-8-9-17(2)16-13)14-7-5-4-6-12(14)10-15/h8-9,12,14H,3-7,10-11,15H2,1-2H3. The first kappa shape index (κ1) is 13.6. The van der Waals surface area contributed by atoms with E-state index >= 15 is 0 Å². The first-order valence-corrected chi connectivity index (χ1v) is 7.17. The van der Waals surface area contributed by atoms with Gasteiger partial charge < -0.3 is 5.73 Å². The molecular formula is C14H26N4. The molecule has 0 radical (unpaired) electrons. The molecule has 0 aliphatic heterocycles. The molecule has 0 bridgehead atoms. The van der Waals surface area contributed by atoms with Crippen molar-refractivity contribution in [1.29, 1.82) is 0 Å². The van der Waals surface area contributed by atoms with Crippen molar-refractivity contribution in [2.24, 2.45) is 18.7 Å². The second-order valence-electron chi connectivity index (χ2n) is 5.39. The third-order valence-electron chi connectivity index (χ3n) is 4.18. The molecule has 2 atom stereocenters. The van der Waals surface area contributed by atoms with E-state index < -0.39 is 0 Å². The van der Waals surface area contributed by atoms with Gasteiger partial charge in [-0.2, -0.15) is 5.10 Å². The van der Waals surface area contributed by atoms with Gasteiger partial charge in [0.25, 0.3) is 0 Å². The Hall–Kier alpha value is -0.870. The molecular weight excluding hydrogens is 224 g/mol. The predicted octanol–water partition coefficient (Wildman–Crippen LogP) is 1.76. The largest absolute Gasteiger partial charge is 0.330 e. The van der Waals surface area contributed by atoms with Crippen LogP contribution in [0.25, 0.3) is 0 Å². The molecule has 102 valence electrons. The van der Waals surface area contributed by atoms with Gasteiger partial charge in [0.2, 0.25) is 0 Å². The number of hydrogen-bond acceptors (Lipinski definition) is 3. The average Bonchev–Trinajstić information content (AvgIpc) is 2.81. The lowest BCUT2D eigenvalue weighted by molar-refractivity contribution is 0.104. The van der Waals surface area contributed by atoms with Gasteiger partial charge in [0.1, 0.15) is 0 Å². The molecule has 18 heavy (non-hydrogen) atoms. The SMILES string of the molecule is CCN(Cc1ccn(C)n1)C1CCCCC1CN. The zero-order valence-corrected chi connectivity index (χ0v) is 11.7. The second kappa shape index (κ2) is 6.34. The molecule has 4 heteroatoms. The molecule has 0 saturated heterocycles. The van der Waals surface area contributed by atoms with Crippen LogP contribution in [0.2, 0.25) is 0 Å². The number of nitrogens with zero attached hydrogens (tertiary/aromatic N) is 3. The summed E-state index contributed by atoms with van der Waals surface area (Å²) in [4.78, 5) is 2.55. The Balaban J connectivity index is 2.02. The van der Waals surface area contributed by atoms with Gasteiger partial charge in [0.15, 0.2) is 0 Å². The molecule has 1 aliphatic rings. The van der Waals surface area contributed by atoms with Crippen molar-refractivity contribution >= 4 is 0 Å². The van der Waals surface area contributed by atoms with Gasteiger partial charge in [-0.05, 0) is 37.9 Å². The molecule has 0 amide bonds. The van der Waals surface area contributed by atoms with Gasteiger partial charge >= 0.3 is 0 Å². The van der Waals surface area contributed by atoms with Crippen molar-refractivity contribution in [3.05, 3.63) is 18.0 Å². The Labute approximate surface area is 110 Å². The monoisotopic (exact) mass is 250 g/mol. The maximum Gasteiger partial charge on any atom is 0.0764 e. The van der Waals surface area contributed by atoms with Crippen LogP contribution >= 0.6 is 0 Å². The highest BCUT2D eigenvalue weighted by Gasteiger charge is 2.28. The minimum atomic E-state index is 0.649. The summed E-state index contributed by atoms with van der Waals surface area (Å²) in [7, 11) is 1.98. The molecule has 2 N–H and O–H groups in total. The Morgan fingerprint density at radius 3 is 2.83 bits per heavy atom. The van der Waals surface area contributed by atoms with Crippen molar-refractivity contribution < 1.29 is 0 Å². The van der Waals surface area contributed by atoms with E-state index in [1.165, 1.54) is 31.4 Å². The highest BCUT2D eigenvalue weighted by Crippen LogP contribution is 2.28. The summed E-state index contributed by atoms with van der Waals surface area (Å²) in [5.74, 6) is 0.669. The molecule has 0 spiro atoms. The minimum absolute atomic E-state index is 0.649. The number of nitrogens with two attached hydrogens (primary N) is 1. The average molecular weight is 250 g/mol. The molecule has 4 nitrogen and oxygen atoms in total. The Morgan fingerprint density at radius 2 is 2.22 bits per heavy atom. The summed E-state index contributed by atoms with van der Waals surface area (Å²) in [5.41, 5.74) is 7.10. The minimum Gasteiger partial charge on any atom is -0.330 e. The number of aryl methyl sites for hydroxylation is 1. The van der Waals surface area contributed by atoms with E-state index in [1.54, 1.807) is 0 Å². The fraction of sp³-hybridized carbons (Fsp3) is 0.786. The topological polar surface area (TPSA) is 47.1 Å². The molecule has 1 aliphatic carbocycles. The van der Waals surface area contributed by atoms with Gasteiger partial charge in [0, 0.05) is 25.8 Å². The Kier molecular flexibility index (Phi) is 4.78. The quantitative estimate of drug-likeness (QED) is 0.866. The van der Waals surface area contributed by atoms with Crippen LogP contribution in [0.5, 0.6) is 0 Å².